The maximum atomic E-state index is 6.28. The van der Waals surface area contributed by atoms with Crippen molar-refractivity contribution in [2.24, 2.45) is 4.99 Å². The van der Waals surface area contributed by atoms with Crippen molar-refractivity contribution in [2.45, 2.75) is 38.4 Å². The second kappa shape index (κ2) is 11.4. The zero-order valence-corrected chi connectivity index (χ0v) is 20.0. The highest BCUT2D eigenvalue weighted by atomic mass is 127. The summed E-state index contributed by atoms with van der Waals surface area (Å²) in [7, 11) is 1.82. The smallest absolute Gasteiger partial charge is 0.191 e. The van der Waals surface area contributed by atoms with E-state index in [1.807, 2.05) is 19.2 Å². The number of halogens is 2. The van der Waals surface area contributed by atoms with Crippen molar-refractivity contribution in [1.82, 2.24) is 20.5 Å². The Morgan fingerprint density at radius 3 is 3.00 bits per heavy atom. The second-order valence-corrected chi connectivity index (χ2v) is 7.76. The van der Waals surface area contributed by atoms with E-state index in [1.54, 1.807) is 6.20 Å². The first-order chi connectivity index (χ1) is 13.1. The summed E-state index contributed by atoms with van der Waals surface area (Å²) in [4.78, 5) is 13.5. The summed E-state index contributed by atoms with van der Waals surface area (Å²) >= 11 is 6.28. The molecule has 0 aliphatic carbocycles. The molecule has 0 amide bonds. The summed E-state index contributed by atoms with van der Waals surface area (Å²) in [5.41, 5.74) is 0. The SMILES string of the molecule is CN=C(NCC(C)N1CCOCC1C)NC1CCN(c2ncccc2Cl)C1.I. The molecule has 2 aliphatic rings. The standard InChI is InChI=1S/C19H31ClN6O.HI/c1-14(26-9-10-27-13-15(26)2)11-23-19(21-3)24-16-6-8-25(12-16)18-17(20)5-4-7-22-18;/h4-5,7,14-16H,6,8-13H2,1-3H3,(H2,21,23,24);1H. The van der Waals surface area contributed by atoms with Crippen LogP contribution in [0.2, 0.25) is 5.02 Å². The molecule has 0 spiro atoms. The molecule has 1 aromatic rings. The molecule has 2 saturated heterocycles. The average Bonchev–Trinajstić information content (AvgIpc) is 3.14. The van der Waals surface area contributed by atoms with Gasteiger partial charge in [0, 0.05) is 57.5 Å². The number of hydrogen-bond donors (Lipinski definition) is 2. The van der Waals surface area contributed by atoms with Gasteiger partial charge in [0.25, 0.3) is 0 Å². The van der Waals surface area contributed by atoms with E-state index < -0.39 is 0 Å². The first-order valence-corrected chi connectivity index (χ1v) is 10.1. The van der Waals surface area contributed by atoms with E-state index in [0.717, 1.165) is 57.6 Å². The maximum Gasteiger partial charge on any atom is 0.191 e. The summed E-state index contributed by atoms with van der Waals surface area (Å²) in [5, 5.41) is 7.72. The molecule has 2 aliphatic heterocycles. The molecular weight excluding hydrogens is 491 g/mol. The quantitative estimate of drug-likeness (QED) is 0.351. The topological polar surface area (TPSA) is 65.0 Å². The molecule has 3 heterocycles. The number of anilines is 1. The Kier molecular flexibility index (Phi) is 9.52. The first-order valence-electron chi connectivity index (χ1n) is 9.74. The molecule has 0 radical (unpaired) electrons. The maximum absolute atomic E-state index is 6.28. The molecule has 0 bridgehead atoms. The van der Waals surface area contributed by atoms with Crippen LogP contribution < -0.4 is 15.5 Å². The van der Waals surface area contributed by atoms with Crippen molar-refractivity contribution in [2.75, 3.05) is 51.3 Å². The van der Waals surface area contributed by atoms with Crippen LogP contribution in [-0.4, -0.2) is 80.4 Å². The van der Waals surface area contributed by atoms with Crippen LogP contribution in [0.3, 0.4) is 0 Å². The number of guanidine groups is 1. The van der Waals surface area contributed by atoms with Crippen LogP contribution in [0.15, 0.2) is 23.3 Å². The molecule has 158 valence electrons. The molecule has 2 fully saturated rings. The largest absolute Gasteiger partial charge is 0.379 e. The third kappa shape index (κ3) is 6.08. The van der Waals surface area contributed by atoms with Crippen LogP contribution in [0, 0.1) is 0 Å². The predicted octanol–water partition coefficient (Wildman–Crippen LogP) is 2.21. The van der Waals surface area contributed by atoms with E-state index in [4.69, 9.17) is 16.3 Å². The Hall–Kier alpha value is -0.840. The highest BCUT2D eigenvalue weighted by Gasteiger charge is 2.26. The summed E-state index contributed by atoms with van der Waals surface area (Å²) in [6, 6.07) is 4.96. The highest BCUT2D eigenvalue weighted by molar-refractivity contribution is 14.0. The minimum atomic E-state index is 0. The molecule has 3 unspecified atom stereocenters. The van der Waals surface area contributed by atoms with Gasteiger partial charge in [-0.2, -0.15) is 0 Å². The van der Waals surface area contributed by atoms with Crippen molar-refractivity contribution in [1.29, 1.82) is 0 Å². The number of nitrogens with zero attached hydrogens (tertiary/aromatic N) is 4. The minimum Gasteiger partial charge on any atom is -0.379 e. The molecule has 3 rings (SSSR count). The van der Waals surface area contributed by atoms with Crippen LogP contribution in [0.5, 0.6) is 0 Å². The Bertz CT molecular complexity index is 649. The average molecular weight is 523 g/mol. The van der Waals surface area contributed by atoms with Gasteiger partial charge in [-0.3, -0.25) is 9.89 Å². The molecule has 0 aromatic carbocycles. The van der Waals surface area contributed by atoms with Crippen molar-refractivity contribution in [3.63, 3.8) is 0 Å². The third-order valence-corrected chi connectivity index (χ3v) is 5.64. The normalized spacial score (nSPS) is 24.6. The van der Waals surface area contributed by atoms with Gasteiger partial charge in [-0.25, -0.2) is 4.98 Å². The number of ether oxygens (including phenoxy) is 1. The molecular formula is C19H32ClIN6O. The monoisotopic (exact) mass is 522 g/mol. The van der Waals surface area contributed by atoms with E-state index in [9.17, 15) is 0 Å². The van der Waals surface area contributed by atoms with Gasteiger partial charge in [0.05, 0.1) is 18.2 Å². The fraction of sp³-hybridized carbons (Fsp3) is 0.684. The van der Waals surface area contributed by atoms with Crippen LogP contribution in [0.25, 0.3) is 0 Å². The third-order valence-electron chi connectivity index (χ3n) is 5.34. The summed E-state index contributed by atoms with van der Waals surface area (Å²) in [5.74, 6) is 1.71. The number of hydrogen-bond acceptors (Lipinski definition) is 5. The lowest BCUT2D eigenvalue weighted by atomic mass is 10.2. The highest BCUT2D eigenvalue weighted by Crippen LogP contribution is 2.25. The van der Waals surface area contributed by atoms with E-state index in [1.165, 1.54) is 0 Å². The van der Waals surface area contributed by atoms with Gasteiger partial charge < -0.3 is 20.3 Å². The summed E-state index contributed by atoms with van der Waals surface area (Å²) < 4.78 is 5.54. The number of nitrogens with one attached hydrogen (secondary N) is 2. The summed E-state index contributed by atoms with van der Waals surface area (Å²) in [6.07, 6.45) is 2.82. The summed E-state index contributed by atoms with van der Waals surface area (Å²) in [6.45, 7) is 9.74. The lowest BCUT2D eigenvalue weighted by Gasteiger charge is -2.38. The van der Waals surface area contributed by atoms with E-state index >= 15 is 0 Å². The Morgan fingerprint density at radius 2 is 2.29 bits per heavy atom. The zero-order chi connectivity index (χ0) is 19.2. The minimum absolute atomic E-state index is 0. The van der Waals surface area contributed by atoms with Crippen molar-refractivity contribution in [3.8, 4) is 0 Å². The molecule has 28 heavy (non-hydrogen) atoms. The molecule has 2 N–H and O–H groups in total. The van der Waals surface area contributed by atoms with Crippen molar-refractivity contribution < 1.29 is 4.74 Å². The molecule has 9 heteroatoms. The van der Waals surface area contributed by atoms with E-state index in [0.29, 0.717) is 23.1 Å². The number of aliphatic imine (C=N–C) groups is 1. The van der Waals surface area contributed by atoms with Gasteiger partial charge in [-0.1, -0.05) is 11.6 Å². The van der Waals surface area contributed by atoms with Crippen LogP contribution in [0.1, 0.15) is 20.3 Å². The molecule has 7 nitrogen and oxygen atoms in total. The van der Waals surface area contributed by atoms with E-state index in [-0.39, 0.29) is 24.0 Å². The van der Waals surface area contributed by atoms with Gasteiger partial charge >= 0.3 is 0 Å². The second-order valence-electron chi connectivity index (χ2n) is 7.35. The van der Waals surface area contributed by atoms with Crippen LogP contribution in [-0.2, 0) is 4.74 Å². The van der Waals surface area contributed by atoms with Crippen molar-refractivity contribution in [3.05, 3.63) is 23.4 Å². The lowest BCUT2D eigenvalue weighted by molar-refractivity contribution is -0.0174. The Morgan fingerprint density at radius 1 is 1.46 bits per heavy atom. The molecule has 1 aromatic heterocycles. The predicted molar refractivity (Wildman–Crippen MR) is 126 cm³/mol. The Balaban J connectivity index is 0.00000280. The lowest BCUT2D eigenvalue weighted by Crippen LogP contribution is -2.53. The first kappa shape index (κ1) is 23.4. The molecule has 3 atom stereocenters. The van der Waals surface area contributed by atoms with Gasteiger partial charge in [-0.05, 0) is 32.4 Å². The van der Waals surface area contributed by atoms with Gasteiger partial charge in [0.1, 0.15) is 5.82 Å². The van der Waals surface area contributed by atoms with Gasteiger partial charge in [0.2, 0.25) is 0 Å². The zero-order valence-electron chi connectivity index (χ0n) is 16.9. The van der Waals surface area contributed by atoms with E-state index in [2.05, 4.69) is 44.3 Å². The number of pyridine rings is 1. The fourth-order valence-electron chi connectivity index (χ4n) is 3.82. The molecule has 0 saturated carbocycles. The number of morpholine rings is 1. The number of aromatic nitrogens is 1. The van der Waals surface area contributed by atoms with Gasteiger partial charge in [-0.15, -0.1) is 24.0 Å². The van der Waals surface area contributed by atoms with Crippen molar-refractivity contribution >= 4 is 47.4 Å². The van der Waals surface area contributed by atoms with Crippen LogP contribution >= 0.6 is 35.6 Å². The van der Waals surface area contributed by atoms with Crippen LogP contribution in [0.4, 0.5) is 5.82 Å². The Labute approximate surface area is 190 Å². The van der Waals surface area contributed by atoms with Gasteiger partial charge in [0.15, 0.2) is 5.96 Å². The number of rotatable bonds is 5. The fourth-order valence-corrected chi connectivity index (χ4v) is 4.07.